The van der Waals surface area contributed by atoms with Crippen molar-refractivity contribution in [2.24, 2.45) is 0 Å². The number of aryl methyl sites for hydroxylation is 1. The molecule has 0 atom stereocenters. The lowest BCUT2D eigenvalue weighted by molar-refractivity contribution is -0.176. The average molecular weight is 446 g/mol. The standard InChI is InChI=1S/C22H21F3N4O3/c1-14-18(21(31)29-20(28-14)17-3-2-8-26-11-17)9-19(30)27-10-15-4-6-16(7-5-15)12-32-13-22(23,24)25/h2-8,11H,9-10,12-13H2,1H3,(H,27,30)(H,28,29,31). The Kier molecular flexibility index (Phi) is 7.37. The molecular formula is C22H21F3N4O3. The van der Waals surface area contributed by atoms with E-state index < -0.39 is 18.3 Å². The largest absolute Gasteiger partial charge is 0.411 e. The Morgan fingerprint density at radius 1 is 1.16 bits per heavy atom. The topological polar surface area (TPSA) is 97.0 Å². The van der Waals surface area contributed by atoms with E-state index in [2.05, 4.69) is 25.0 Å². The van der Waals surface area contributed by atoms with Crippen LogP contribution in [0.1, 0.15) is 22.4 Å². The number of carbonyl (C=O) groups is 1. The Balaban J connectivity index is 1.54. The number of rotatable bonds is 8. The van der Waals surface area contributed by atoms with E-state index in [9.17, 15) is 22.8 Å². The lowest BCUT2D eigenvalue weighted by atomic mass is 10.1. The highest BCUT2D eigenvalue weighted by molar-refractivity contribution is 5.78. The van der Waals surface area contributed by atoms with Crippen LogP contribution in [0.4, 0.5) is 13.2 Å². The number of halogens is 3. The number of nitrogens with one attached hydrogen (secondary N) is 2. The van der Waals surface area contributed by atoms with Crippen molar-refractivity contribution in [3.8, 4) is 11.4 Å². The normalized spacial score (nSPS) is 11.4. The summed E-state index contributed by atoms with van der Waals surface area (Å²) in [4.78, 5) is 35.8. The molecule has 0 saturated heterocycles. The molecule has 1 aromatic carbocycles. The summed E-state index contributed by atoms with van der Waals surface area (Å²) in [7, 11) is 0. The smallest absolute Gasteiger partial charge is 0.367 e. The molecule has 0 bridgehead atoms. The molecule has 2 heterocycles. The molecule has 0 unspecified atom stereocenters. The zero-order valence-electron chi connectivity index (χ0n) is 17.2. The zero-order valence-corrected chi connectivity index (χ0v) is 17.2. The maximum atomic E-state index is 12.5. The molecule has 2 aromatic heterocycles. The molecule has 2 N–H and O–H groups in total. The molecule has 0 fully saturated rings. The number of aromatic amines is 1. The highest BCUT2D eigenvalue weighted by Gasteiger charge is 2.27. The fraction of sp³-hybridized carbons (Fsp3) is 0.273. The van der Waals surface area contributed by atoms with Crippen molar-refractivity contribution in [3.05, 3.63) is 81.5 Å². The quantitative estimate of drug-likeness (QED) is 0.554. The van der Waals surface area contributed by atoms with Crippen molar-refractivity contribution in [2.45, 2.75) is 32.7 Å². The van der Waals surface area contributed by atoms with Crippen molar-refractivity contribution in [1.29, 1.82) is 0 Å². The fourth-order valence-electron chi connectivity index (χ4n) is 2.92. The predicted molar refractivity (Wildman–Crippen MR) is 111 cm³/mol. The highest BCUT2D eigenvalue weighted by atomic mass is 19.4. The molecule has 0 aliphatic carbocycles. The number of H-pyrrole nitrogens is 1. The van der Waals surface area contributed by atoms with Crippen molar-refractivity contribution in [3.63, 3.8) is 0 Å². The third-order valence-corrected chi connectivity index (χ3v) is 4.54. The van der Waals surface area contributed by atoms with Crippen molar-refractivity contribution >= 4 is 5.91 Å². The van der Waals surface area contributed by atoms with E-state index >= 15 is 0 Å². The summed E-state index contributed by atoms with van der Waals surface area (Å²) in [5, 5.41) is 2.72. The van der Waals surface area contributed by atoms with Crippen molar-refractivity contribution in [2.75, 3.05) is 6.61 Å². The first-order valence-corrected chi connectivity index (χ1v) is 9.70. The Morgan fingerprint density at radius 2 is 1.88 bits per heavy atom. The molecule has 0 radical (unpaired) electrons. The molecule has 3 rings (SSSR count). The van der Waals surface area contributed by atoms with E-state index in [-0.39, 0.29) is 31.0 Å². The van der Waals surface area contributed by atoms with Gasteiger partial charge in [-0.25, -0.2) is 4.98 Å². The minimum Gasteiger partial charge on any atom is -0.367 e. The molecule has 1 amide bonds. The van der Waals surface area contributed by atoms with E-state index in [1.807, 2.05) is 0 Å². The first kappa shape index (κ1) is 23.1. The van der Waals surface area contributed by atoms with Crippen LogP contribution in [0.15, 0.2) is 53.6 Å². The summed E-state index contributed by atoms with van der Waals surface area (Å²) in [6.07, 6.45) is -1.30. The van der Waals surface area contributed by atoms with Gasteiger partial charge in [0.2, 0.25) is 5.91 Å². The molecule has 32 heavy (non-hydrogen) atoms. The van der Waals surface area contributed by atoms with Gasteiger partial charge in [0.15, 0.2) is 0 Å². The first-order valence-electron chi connectivity index (χ1n) is 9.70. The van der Waals surface area contributed by atoms with Crippen molar-refractivity contribution < 1.29 is 22.7 Å². The average Bonchev–Trinajstić information content (AvgIpc) is 2.75. The third kappa shape index (κ3) is 6.74. The molecule has 0 saturated carbocycles. The van der Waals surface area contributed by atoms with Crippen LogP contribution in [-0.4, -0.2) is 33.6 Å². The number of benzene rings is 1. The summed E-state index contributed by atoms with van der Waals surface area (Å²) < 4.78 is 40.9. The van der Waals surface area contributed by atoms with Gasteiger partial charge >= 0.3 is 6.18 Å². The van der Waals surface area contributed by atoms with Crippen LogP contribution in [0.5, 0.6) is 0 Å². The van der Waals surface area contributed by atoms with Gasteiger partial charge in [0.05, 0.1) is 13.0 Å². The van der Waals surface area contributed by atoms with Crippen LogP contribution < -0.4 is 10.9 Å². The summed E-state index contributed by atoms with van der Waals surface area (Å²) >= 11 is 0. The second kappa shape index (κ2) is 10.2. The number of pyridine rings is 1. The van der Waals surface area contributed by atoms with Gasteiger partial charge in [-0.15, -0.1) is 0 Å². The summed E-state index contributed by atoms with van der Waals surface area (Å²) in [5.74, 6) is 0.0242. The van der Waals surface area contributed by atoms with E-state index in [4.69, 9.17) is 0 Å². The Labute approximate surface area is 181 Å². The molecular weight excluding hydrogens is 425 g/mol. The lowest BCUT2D eigenvalue weighted by Crippen LogP contribution is -2.28. The maximum absolute atomic E-state index is 12.5. The van der Waals surface area contributed by atoms with Crippen LogP contribution in [0.3, 0.4) is 0 Å². The molecule has 10 heteroatoms. The first-order chi connectivity index (χ1) is 15.2. The molecule has 0 aliphatic rings. The fourth-order valence-corrected chi connectivity index (χ4v) is 2.92. The number of amides is 1. The second-order valence-electron chi connectivity index (χ2n) is 7.10. The van der Waals surface area contributed by atoms with Crippen molar-refractivity contribution in [1.82, 2.24) is 20.3 Å². The Hall–Kier alpha value is -3.53. The molecule has 0 spiro atoms. The minimum absolute atomic E-state index is 0.134. The molecule has 3 aromatic rings. The number of alkyl halides is 3. The number of hydrogen-bond acceptors (Lipinski definition) is 5. The summed E-state index contributed by atoms with van der Waals surface area (Å²) in [6, 6.07) is 10.1. The minimum atomic E-state index is -4.36. The van der Waals surface area contributed by atoms with E-state index in [1.165, 1.54) is 0 Å². The molecule has 0 aliphatic heterocycles. The van der Waals surface area contributed by atoms with Gasteiger partial charge < -0.3 is 15.0 Å². The third-order valence-electron chi connectivity index (χ3n) is 4.54. The van der Waals surface area contributed by atoms with Gasteiger partial charge in [-0.2, -0.15) is 13.2 Å². The van der Waals surface area contributed by atoms with E-state index in [0.717, 1.165) is 5.56 Å². The van der Waals surface area contributed by atoms with Crippen LogP contribution in [0.25, 0.3) is 11.4 Å². The van der Waals surface area contributed by atoms with Gasteiger partial charge in [0.25, 0.3) is 5.56 Å². The molecule has 168 valence electrons. The number of nitrogens with zero attached hydrogens (tertiary/aromatic N) is 2. The van der Waals surface area contributed by atoms with Gasteiger partial charge in [0, 0.05) is 35.8 Å². The maximum Gasteiger partial charge on any atom is 0.411 e. The van der Waals surface area contributed by atoms with Crippen LogP contribution in [0, 0.1) is 6.92 Å². The summed E-state index contributed by atoms with van der Waals surface area (Å²) in [5.41, 5.74) is 2.34. The van der Waals surface area contributed by atoms with Gasteiger partial charge in [-0.3, -0.25) is 14.6 Å². The number of hydrogen-bond donors (Lipinski definition) is 2. The van der Waals surface area contributed by atoms with Crippen LogP contribution >= 0.6 is 0 Å². The van der Waals surface area contributed by atoms with Crippen LogP contribution in [-0.2, 0) is 29.1 Å². The SMILES string of the molecule is Cc1nc(-c2cccnc2)[nH]c(=O)c1CC(=O)NCc1ccc(COCC(F)(F)F)cc1. The highest BCUT2D eigenvalue weighted by Crippen LogP contribution is 2.16. The monoisotopic (exact) mass is 446 g/mol. The second-order valence-corrected chi connectivity index (χ2v) is 7.10. The van der Waals surface area contributed by atoms with Gasteiger partial charge in [-0.1, -0.05) is 24.3 Å². The Morgan fingerprint density at radius 3 is 2.50 bits per heavy atom. The van der Waals surface area contributed by atoms with Crippen LogP contribution in [0.2, 0.25) is 0 Å². The van der Waals surface area contributed by atoms with E-state index in [1.54, 1.807) is 55.7 Å². The Bertz CT molecular complexity index is 1110. The summed E-state index contributed by atoms with van der Waals surface area (Å²) in [6.45, 7) is 0.412. The van der Waals surface area contributed by atoms with Gasteiger partial charge in [0.1, 0.15) is 12.4 Å². The number of carbonyl (C=O) groups excluding carboxylic acids is 1. The number of ether oxygens (including phenoxy) is 1. The lowest BCUT2D eigenvalue weighted by Gasteiger charge is -2.10. The van der Waals surface area contributed by atoms with E-state index in [0.29, 0.717) is 22.6 Å². The molecule has 7 nitrogen and oxygen atoms in total. The number of aromatic nitrogens is 3. The van der Waals surface area contributed by atoms with Gasteiger partial charge in [-0.05, 0) is 30.2 Å². The predicted octanol–water partition coefficient (Wildman–Crippen LogP) is 3.08. The zero-order chi connectivity index (χ0) is 23.1.